The van der Waals surface area contributed by atoms with Crippen LogP contribution in [0.5, 0.6) is 0 Å². The highest BCUT2D eigenvalue weighted by molar-refractivity contribution is 5.95. The first-order valence-corrected chi connectivity index (χ1v) is 9.52. The summed E-state index contributed by atoms with van der Waals surface area (Å²) in [5.41, 5.74) is 7.82. The first kappa shape index (κ1) is 20.4. The number of nitrogens with one attached hydrogen (secondary N) is 2. The summed E-state index contributed by atoms with van der Waals surface area (Å²) in [5.74, 6) is -0.759. The quantitative estimate of drug-likeness (QED) is 0.667. The van der Waals surface area contributed by atoms with Crippen LogP contribution < -0.4 is 16.5 Å². The number of amides is 2. The van der Waals surface area contributed by atoms with Crippen LogP contribution in [0.1, 0.15) is 43.1 Å². The number of hydrogen-bond donors (Lipinski definition) is 2. The molecule has 0 atom stereocenters. The van der Waals surface area contributed by atoms with Crippen molar-refractivity contribution in [3.8, 4) is 0 Å². The Bertz CT molecular complexity index is 1100. The molecule has 2 amide bonds. The largest absolute Gasteiger partial charge is 0.328 e. The second-order valence-corrected chi connectivity index (χ2v) is 8.06. The topological polar surface area (TPSA) is 85.1 Å². The Morgan fingerprint density at radius 3 is 2.17 bits per heavy atom. The Kier molecular flexibility index (Phi) is 5.59. The molecule has 0 aliphatic carbocycles. The number of fused-ring (bicyclic) bond motifs is 1. The van der Waals surface area contributed by atoms with Gasteiger partial charge in [-0.2, -0.15) is 0 Å². The predicted molar refractivity (Wildman–Crippen MR) is 113 cm³/mol. The first-order valence-electron chi connectivity index (χ1n) is 9.52. The van der Waals surface area contributed by atoms with E-state index in [9.17, 15) is 14.4 Å². The van der Waals surface area contributed by atoms with Crippen LogP contribution in [0.4, 0.5) is 0 Å². The average molecular weight is 394 g/mol. The normalized spacial score (nSPS) is 11.4. The van der Waals surface area contributed by atoms with Gasteiger partial charge in [0.2, 0.25) is 5.91 Å². The van der Waals surface area contributed by atoms with Gasteiger partial charge in [-0.25, -0.2) is 4.79 Å². The van der Waals surface area contributed by atoms with E-state index in [2.05, 4.69) is 31.6 Å². The van der Waals surface area contributed by atoms with Crippen LogP contribution in [0.2, 0.25) is 0 Å². The maximum absolute atomic E-state index is 12.4. The summed E-state index contributed by atoms with van der Waals surface area (Å²) < 4.78 is 3.11. The van der Waals surface area contributed by atoms with Gasteiger partial charge in [0.25, 0.3) is 5.91 Å². The average Bonchev–Trinajstić information content (AvgIpc) is 2.94. The SMILES string of the molecule is Cn1c(=O)n(CCC(=O)NNC(=O)c2ccc(C(C)(C)C)cc2)c2ccccc21. The second-order valence-electron chi connectivity index (χ2n) is 8.06. The summed E-state index contributed by atoms with van der Waals surface area (Å²) in [5, 5.41) is 0. The van der Waals surface area contributed by atoms with E-state index < -0.39 is 0 Å². The van der Waals surface area contributed by atoms with E-state index in [0.29, 0.717) is 5.56 Å². The molecule has 1 heterocycles. The molecule has 0 unspecified atom stereocenters. The third kappa shape index (κ3) is 4.39. The van der Waals surface area contributed by atoms with E-state index in [0.717, 1.165) is 16.6 Å². The Morgan fingerprint density at radius 2 is 1.55 bits per heavy atom. The first-order chi connectivity index (χ1) is 13.7. The van der Waals surface area contributed by atoms with Crippen LogP contribution in [-0.4, -0.2) is 20.9 Å². The fourth-order valence-corrected chi connectivity index (χ4v) is 3.18. The Balaban J connectivity index is 1.57. The summed E-state index contributed by atoms with van der Waals surface area (Å²) in [6.45, 7) is 6.53. The zero-order chi connectivity index (χ0) is 21.2. The minimum atomic E-state index is -0.388. The van der Waals surface area contributed by atoms with E-state index in [1.54, 1.807) is 28.3 Å². The monoisotopic (exact) mass is 394 g/mol. The number of hydrogen-bond acceptors (Lipinski definition) is 3. The summed E-state index contributed by atoms with van der Waals surface area (Å²) >= 11 is 0. The van der Waals surface area contributed by atoms with E-state index in [4.69, 9.17) is 0 Å². The molecule has 3 aromatic rings. The standard InChI is InChI=1S/C22H26N4O3/c1-22(2,3)16-11-9-15(10-12-16)20(28)24-23-19(27)13-14-26-18-8-6-5-7-17(18)25(4)21(26)29/h5-12H,13-14H2,1-4H3,(H,23,27)(H,24,28). The van der Waals surface area contributed by atoms with Gasteiger partial charge in [-0.15, -0.1) is 0 Å². The van der Waals surface area contributed by atoms with Gasteiger partial charge in [0.1, 0.15) is 0 Å². The lowest BCUT2D eigenvalue weighted by Gasteiger charge is -2.19. The van der Waals surface area contributed by atoms with Crippen molar-refractivity contribution in [3.05, 3.63) is 70.1 Å². The minimum Gasteiger partial charge on any atom is -0.295 e. The van der Waals surface area contributed by atoms with Crippen molar-refractivity contribution in [2.45, 2.75) is 39.2 Å². The molecule has 7 heteroatoms. The van der Waals surface area contributed by atoms with Gasteiger partial charge >= 0.3 is 5.69 Å². The second kappa shape index (κ2) is 7.95. The molecule has 0 bridgehead atoms. The van der Waals surface area contributed by atoms with Gasteiger partial charge in [0, 0.05) is 25.6 Å². The maximum atomic E-state index is 12.4. The number of carbonyl (C=O) groups excluding carboxylic acids is 2. The number of para-hydroxylation sites is 2. The van der Waals surface area contributed by atoms with Gasteiger partial charge in [-0.1, -0.05) is 45.0 Å². The smallest absolute Gasteiger partial charge is 0.295 e. The van der Waals surface area contributed by atoms with E-state index in [1.165, 1.54) is 0 Å². The number of aryl methyl sites for hydroxylation is 2. The summed E-state index contributed by atoms with van der Waals surface area (Å²) in [6, 6.07) is 14.7. The zero-order valence-electron chi connectivity index (χ0n) is 17.2. The minimum absolute atomic E-state index is 0.00289. The number of carbonyl (C=O) groups is 2. The van der Waals surface area contributed by atoms with Crippen molar-refractivity contribution in [3.63, 3.8) is 0 Å². The van der Waals surface area contributed by atoms with Crippen molar-refractivity contribution in [2.75, 3.05) is 0 Å². The highest BCUT2D eigenvalue weighted by atomic mass is 16.2. The number of imidazole rings is 1. The molecule has 0 fully saturated rings. The van der Waals surface area contributed by atoms with Crippen molar-refractivity contribution >= 4 is 22.8 Å². The molecule has 7 nitrogen and oxygen atoms in total. The van der Waals surface area contributed by atoms with Crippen molar-refractivity contribution in [2.24, 2.45) is 7.05 Å². The van der Waals surface area contributed by atoms with Gasteiger partial charge < -0.3 is 0 Å². The van der Waals surface area contributed by atoms with Crippen LogP contribution in [0.25, 0.3) is 11.0 Å². The fraction of sp³-hybridized carbons (Fsp3) is 0.318. The highest BCUT2D eigenvalue weighted by Gasteiger charge is 2.15. The lowest BCUT2D eigenvalue weighted by Crippen LogP contribution is -2.42. The van der Waals surface area contributed by atoms with Crippen LogP contribution in [0, 0.1) is 0 Å². The van der Waals surface area contributed by atoms with Crippen LogP contribution in [-0.2, 0) is 23.8 Å². The molecule has 0 saturated heterocycles. The van der Waals surface area contributed by atoms with Crippen LogP contribution in [0.15, 0.2) is 53.3 Å². The van der Waals surface area contributed by atoms with E-state index in [-0.39, 0.29) is 35.9 Å². The molecule has 2 aromatic carbocycles. The molecule has 2 N–H and O–H groups in total. The molecule has 0 radical (unpaired) electrons. The third-order valence-corrected chi connectivity index (χ3v) is 4.94. The molecular weight excluding hydrogens is 368 g/mol. The molecule has 3 rings (SSSR count). The number of benzene rings is 2. The number of rotatable bonds is 4. The Labute approximate surface area is 169 Å². The molecule has 1 aromatic heterocycles. The van der Waals surface area contributed by atoms with E-state index >= 15 is 0 Å². The van der Waals surface area contributed by atoms with Crippen molar-refractivity contribution < 1.29 is 9.59 Å². The summed E-state index contributed by atoms with van der Waals surface area (Å²) in [6.07, 6.45) is 0.0666. The highest BCUT2D eigenvalue weighted by Crippen LogP contribution is 2.22. The van der Waals surface area contributed by atoms with Crippen LogP contribution >= 0.6 is 0 Å². The maximum Gasteiger partial charge on any atom is 0.328 e. The van der Waals surface area contributed by atoms with Gasteiger partial charge in [0.05, 0.1) is 11.0 Å². The molecule has 152 valence electrons. The van der Waals surface area contributed by atoms with Crippen molar-refractivity contribution in [1.82, 2.24) is 20.0 Å². The fourth-order valence-electron chi connectivity index (χ4n) is 3.18. The number of aromatic nitrogens is 2. The van der Waals surface area contributed by atoms with Gasteiger partial charge in [-0.05, 0) is 35.2 Å². The zero-order valence-corrected chi connectivity index (χ0v) is 17.2. The molecule has 0 saturated carbocycles. The lowest BCUT2D eigenvalue weighted by atomic mass is 9.87. The molecule has 0 spiro atoms. The van der Waals surface area contributed by atoms with Gasteiger partial charge in [0.15, 0.2) is 0 Å². The molecule has 29 heavy (non-hydrogen) atoms. The van der Waals surface area contributed by atoms with Gasteiger partial charge in [-0.3, -0.25) is 29.6 Å². The Morgan fingerprint density at radius 1 is 0.931 bits per heavy atom. The Hall–Kier alpha value is -3.35. The van der Waals surface area contributed by atoms with Crippen LogP contribution in [0.3, 0.4) is 0 Å². The third-order valence-electron chi connectivity index (χ3n) is 4.94. The molecule has 0 aliphatic heterocycles. The number of hydrazine groups is 1. The van der Waals surface area contributed by atoms with E-state index in [1.807, 2.05) is 36.4 Å². The predicted octanol–water partition coefficient (Wildman–Crippen LogP) is 2.49. The molecule has 0 aliphatic rings. The summed E-state index contributed by atoms with van der Waals surface area (Å²) in [7, 11) is 1.70. The molecular formula is C22H26N4O3. The lowest BCUT2D eigenvalue weighted by molar-refractivity contribution is -0.122. The van der Waals surface area contributed by atoms with Crippen molar-refractivity contribution in [1.29, 1.82) is 0 Å². The number of nitrogens with zero attached hydrogens (tertiary/aromatic N) is 2. The summed E-state index contributed by atoms with van der Waals surface area (Å²) in [4.78, 5) is 36.8.